The molecule has 80 valence electrons. The molecule has 4 nitrogen and oxygen atoms in total. The molecular weight excluding hydrogens is 220 g/mol. The van der Waals surface area contributed by atoms with E-state index in [1.165, 1.54) is 0 Å². The number of benzene rings is 1. The number of halogens is 1. The van der Waals surface area contributed by atoms with Crippen molar-refractivity contribution in [3.05, 3.63) is 34.9 Å². The van der Waals surface area contributed by atoms with Crippen LogP contribution in [0.4, 0.5) is 0 Å². The highest BCUT2D eigenvalue weighted by atomic mass is 35.5. The zero-order valence-corrected chi connectivity index (χ0v) is 8.53. The van der Waals surface area contributed by atoms with E-state index in [4.69, 9.17) is 21.4 Å². The van der Waals surface area contributed by atoms with Crippen molar-refractivity contribution < 1.29 is 19.4 Å². The summed E-state index contributed by atoms with van der Waals surface area (Å²) in [4.78, 5) is 21.0. The van der Waals surface area contributed by atoms with Gasteiger partial charge in [0.05, 0.1) is 0 Å². The quantitative estimate of drug-likeness (QED) is 0.631. The molecule has 5 heteroatoms. The SMILES string of the molecule is O=C(O)CC(=O)OCc1ccc(Cl)cc1. The molecule has 0 amide bonds. The van der Waals surface area contributed by atoms with Gasteiger partial charge in [0.1, 0.15) is 13.0 Å². The van der Waals surface area contributed by atoms with Crippen LogP contribution in [0.15, 0.2) is 24.3 Å². The van der Waals surface area contributed by atoms with Gasteiger partial charge >= 0.3 is 11.9 Å². The van der Waals surface area contributed by atoms with Crippen molar-refractivity contribution in [2.75, 3.05) is 0 Å². The lowest BCUT2D eigenvalue weighted by atomic mass is 10.2. The largest absolute Gasteiger partial charge is 0.481 e. The van der Waals surface area contributed by atoms with Gasteiger partial charge in [0.2, 0.25) is 0 Å². The Morgan fingerprint density at radius 3 is 2.40 bits per heavy atom. The highest BCUT2D eigenvalue weighted by Gasteiger charge is 2.08. The monoisotopic (exact) mass is 228 g/mol. The van der Waals surface area contributed by atoms with Crippen LogP contribution in [0.5, 0.6) is 0 Å². The third-order valence-electron chi connectivity index (χ3n) is 1.61. The highest BCUT2D eigenvalue weighted by molar-refractivity contribution is 6.30. The Labute approximate surface area is 91.4 Å². The van der Waals surface area contributed by atoms with Gasteiger partial charge in [0.25, 0.3) is 0 Å². The minimum atomic E-state index is -1.20. The molecule has 0 saturated carbocycles. The second-order valence-corrected chi connectivity index (χ2v) is 3.29. The first-order valence-electron chi connectivity index (χ1n) is 4.20. The Kier molecular flexibility index (Phi) is 4.12. The van der Waals surface area contributed by atoms with Gasteiger partial charge in [0, 0.05) is 5.02 Å². The number of hydrogen-bond acceptors (Lipinski definition) is 3. The zero-order chi connectivity index (χ0) is 11.3. The van der Waals surface area contributed by atoms with Crippen LogP contribution in [0.1, 0.15) is 12.0 Å². The van der Waals surface area contributed by atoms with Gasteiger partial charge in [-0.2, -0.15) is 0 Å². The molecule has 0 aliphatic carbocycles. The van der Waals surface area contributed by atoms with Crippen LogP contribution < -0.4 is 0 Å². The van der Waals surface area contributed by atoms with Gasteiger partial charge in [-0.15, -0.1) is 0 Å². The predicted octanol–water partition coefficient (Wildman–Crippen LogP) is 1.86. The summed E-state index contributed by atoms with van der Waals surface area (Å²) in [7, 11) is 0. The molecule has 0 fully saturated rings. The molecule has 0 aromatic heterocycles. The normalized spacial score (nSPS) is 9.67. The van der Waals surface area contributed by atoms with E-state index in [0.29, 0.717) is 5.02 Å². The Hall–Kier alpha value is -1.55. The van der Waals surface area contributed by atoms with Crippen molar-refractivity contribution in [1.29, 1.82) is 0 Å². The van der Waals surface area contributed by atoms with E-state index in [2.05, 4.69) is 0 Å². The maximum atomic E-state index is 10.9. The van der Waals surface area contributed by atoms with Crippen LogP contribution in [0, 0.1) is 0 Å². The molecule has 0 unspecified atom stereocenters. The lowest BCUT2D eigenvalue weighted by Gasteiger charge is -2.03. The molecule has 0 atom stereocenters. The fourth-order valence-electron chi connectivity index (χ4n) is 0.919. The van der Waals surface area contributed by atoms with Crippen LogP contribution in [0.3, 0.4) is 0 Å². The summed E-state index contributed by atoms with van der Waals surface area (Å²) < 4.78 is 4.72. The fourth-order valence-corrected chi connectivity index (χ4v) is 1.04. The number of aliphatic carboxylic acids is 1. The number of ether oxygens (including phenoxy) is 1. The van der Waals surface area contributed by atoms with E-state index in [1.807, 2.05) is 0 Å². The molecular formula is C10H9ClO4. The summed E-state index contributed by atoms with van der Waals surface area (Å²) in [5, 5.41) is 8.89. The van der Waals surface area contributed by atoms with E-state index < -0.39 is 18.4 Å². The van der Waals surface area contributed by atoms with Gasteiger partial charge in [-0.1, -0.05) is 23.7 Å². The first-order chi connectivity index (χ1) is 7.08. The summed E-state index contributed by atoms with van der Waals surface area (Å²) in [6.45, 7) is 0.0588. The standard InChI is InChI=1S/C10H9ClO4/c11-8-3-1-7(2-4-8)6-15-10(14)5-9(12)13/h1-4H,5-6H2,(H,12,13). The molecule has 1 rings (SSSR count). The minimum Gasteiger partial charge on any atom is -0.481 e. The topological polar surface area (TPSA) is 63.6 Å². The van der Waals surface area contributed by atoms with E-state index in [0.717, 1.165) is 5.56 Å². The molecule has 0 spiro atoms. The van der Waals surface area contributed by atoms with Crippen molar-refractivity contribution in [3.8, 4) is 0 Å². The lowest BCUT2D eigenvalue weighted by molar-refractivity contribution is -0.152. The van der Waals surface area contributed by atoms with Gasteiger partial charge in [-0.3, -0.25) is 9.59 Å². The molecule has 0 aliphatic heterocycles. The van der Waals surface area contributed by atoms with Gasteiger partial charge in [-0.25, -0.2) is 0 Å². The molecule has 0 heterocycles. The van der Waals surface area contributed by atoms with Crippen molar-refractivity contribution in [2.45, 2.75) is 13.0 Å². The molecule has 1 aromatic rings. The van der Waals surface area contributed by atoms with Crippen LogP contribution in [-0.4, -0.2) is 17.0 Å². The van der Waals surface area contributed by atoms with Gasteiger partial charge in [0.15, 0.2) is 0 Å². The average Bonchev–Trinajstić information content (AvgIpc) is 2.16. The number of carboxylic acids is 1. The summed E-state index contributed by atoms with van der Waals surface area (Å²) in [6.07, 6.45) is -0.617. The van der Waals surface area contributed by atoms with Crippen molar-refractivity contribution in [1.82, 2.24) is 0 Å². The zero-order valence-electron chi connectivity index (χ0n) is 7.77. The number of esters is 1. The fraction of sp³-hybridized carbons (Fsp3) is 0.200. The average molecular weight is 229 g/mol. The molecule has 0 saturated heterocycles. The number of rotatable bonds is 4. The van der Waals surface area contributed by atoms with E-state index in [1.54, 1.807) is 24.3 Å². The first-order valence-corrected chi connectivity index (χ1v) is 4.57. The smallest absolute Gasteiger partial charge is 0.317 e. The summed E-state index contributed by atoms with van der Waals surface area (Å²) in [5.74, 6) is -1.95. The summed E-state index contributed by atoms with van der Waals surface area (Å²) in [6, 6.07) is 6.75. The number of carboxylic acid groups (broad SMARTS) is 1. The van der Waals surface area contributed by atoms with Gasteiger partial charge in [-0.05, 0) is 17.7 Å². The number of hydrogen-bond donors (Lipinski definition) is 1. The van der Waals surface area contributed by atoms with Crippen molar-refractivity contribution in [3.63, 3.8) is 0 Å². The lowest BCUT2D eigenvalue weighted by Crippen LogP contribution is -2.10. The van der Waals surface area contributed by atoms with E-state index in [-0.39, 0.29) is 6.61 Å². The van der Waals surface area contributed by atoms with Crippen LogP contribution in [-0.2, 0) is 20.9 Å². The Bertz CT molecular complexity index is 358. The molecule has 1 aromatic carbocycles. The van der Waals surface area contributed by atoms with Crippen LogP contribution in [0.25, 0.3) is 0 Å². The minimum absolute atomic E-state index is 0.0588. The molecule has 0 radical (unpaired) electrons. The van der Waals surface area contributed by atoms with Crippen molar-refractivity contribution in [2.24, 2.45) is 0 Å². The van der Waals surface area contributed by atoms with E-state index >= 15 is 0 Å². The Balaban J connectivity index is 2.40. The Morgan fingerprint density at radius 1 is 1.27 bits per heavy atom. The summed E-state index contributed by atoms with van der Waals surface area (Å²) in [5.41, 5.74) is 0.762. The Morgan fingerprint density at radius 2 is 1.87 bits per heavy atom. The number of carbonyl (C=O) groups is 2. The van der Waals surface area contributed by atoms with Gasteiger partial charge < -0.3 is 9.84 Å². The predicted molar refractivity (Wildman–Crippen MR) is 53.5 cm³/mol. The third kappa shape index (κ3) is 4.46. The van der Waals surface area contributed by atoms with E-state index in [9.17, 15) is 9.59 Å². The molecule has 0 bridgehead atoms. The molecule has 1 N–H and O–H groups in total. The number of carbonyl (C=O) groups excluding carboxylic acids is 1. The highest BCUT2D eigenvalue weighted by Crippen LogP contribution is 2.10. The first kappa shape index (κ1) is 11.5. The maximum absolute atomic E-state index is 10.9. The summed E-state index contributed by atoms with van der Waals surface area (Å²) >= 11 is 5.66. The second-order valence-electron chi connectivity index (χ2n) is 2.86. The molecule has 0 aliphatic rings. The van der Waals surface area contributed by atoms with Crippen molar-refractivity contribution >= 4 is 23.5 Å². The maximum Gasteiger partial charge on any atom is 0.317 e. The van der Waals surface area contributed by atoms with Crippen LogP contribution in [0.2, 0.25) is 5.02 Å². The third-order valence-corrected chi connectivity index (χ3v) is 1.86. The molecule has 15 heavy (non-hydrogen) atoms. The van der Waals surface area contributed by atoms with Crippen LogP contribution >= 0.6 is 11.6 Å². The second kappa shape index (κ2) is 5.36.